The molecule has 4 aromatic rings. The number of halogens is 1. The lowest BCUT2D eigenvalue weighted by atomic mass is 10.2. The van der Waals surface area contributed by atoms with Crippen molar-refractivity contribution >= 4 is 54.8 Å². The Bertz CT molecular complexity index is 1610. The molecule has 1 aromatic heterocycles. The molecule has 0 radical (unpaired) electrons. The van der Waals surface area contributed by atoms with Crippen molar-refractivity contribution in [1.29, 1.82) is 0 Å². The summed E-state index contributed by atoms with van der Waals surface area (Å²) in [5.74, 6) is 0.673. The summed E-state index contributed by atoms with van der Waals surface area (Å²) < 4.78 is 41.2. The first-order chi connectivity index (χ1) is 17.2. The molecular formula is C25H22ClN3O5S2. The van der Waals surface area contributed by atoms with E-state index in [9.17, 15) is 13.2 Å². The van der Waals surface area contributed by atoms with Crippen LogP contribution in [0.15, 0.2) is 83.2 Å². The average Bonchev–Trinajstić information content (AvgIpc) is 3.19. The minimum atomic E-state index is -3.80. The summed E-state index contributed by atoms with van der Waals surface area (Å²) in [5.41, 5.74) is 1.45. The molecular weight excluding hydrogens is 522 g/mol. The number of aromatic nitrogens is 1. The maximum atomic E-state index is 12.9. The number of nitrogens with zero attached hydrogens (tertiary/aromatic N) is 2. The molecule has 186 valence electrons. The highest BCUT2D eigenvalue weighted by molar-refractivity contribution is 7.92. The van der Waals surface area contributed by atoms with Gasteiger partial charge in [0.1, 0.15) is 0 Å². The average molecular weight is 544 g/mol. The highest BCUT2D eigenvalue weighted by Crippen LogP contribution is 2.33. The predicted molar refractivity (Wildman–Crippen MR) is 142 cm³/mol. The van der Waals surface area contributed by atoms with Crippen LogP contribution in [0.2, 0.25) is 5.02 Å². The third-order valence-electron chi connectivity index (χ3n) is 5.20. The zero-order chi connectivity index (χ0) is 25.9. The molecule has 0 bridgehead atoms. The summed E-state index contributed by atoms with van der Waals surface area (Å²) in [6, 6.07) is 15.5. The van der Waals surface area contributed by atoms with Gasteiger partial charge in [-0.3, -0.25) is 9.52 Å². The van der Waals surface area contributed by atoms with Crippen LogP contribution in [0, 0.1) is 0 Å². The minimum Gasteiger partial charge on any atom is -0.493 e. The van der Waals surface area contributed by atoms with Gasteiger partial charge in [0.05, 0.1) is 29.3 Å². The molecule has 1 heterocycles. The quantitative estimate of drug-likeness (QED) is 0.312. The monoisotopic (exact) mass is 543 g/mol. The standard InChI is InChI=1S/C25H22ClN3O5S2/c1-4-13-29-20-14-21(33-2)22(34-3)15-23(20)35-25(29)27-24(30)16-5-9-18(10-6-16)28-36(31,32)19-11-7-17(26)8-12-19/h4-12,14-15,28H,1,13H2,2-3H3. The van der Waals surface area contributed by atoms with Crippen LogP contribution in [0.5, 0.6) is 11.5 Å². The Morgan fingerprint density at radius 1 is 1.08 bits per heavy atom. The summed E-state index contributed by atoms with van der Waals surface area (Å²) >= 11 is 7.17. The number of carbonyl (C=O) groups excluding carboxylic acids is 1. The van der Waals surface area contributed by atoms with E-state index in [0.717, 1.165) is 10.2 Å². The molecule has 0 aliphatic heterocycles. The van der Waals surface area contributed by atoms with E-state index in [1.54, 1.807) is 20.3 Å². The maximum absolute atomic E-state index is 12.9. The summed E-state index contributed by atoms with van der Waals surface area (Å²) in [6.07, 6.45) is 1.72. The minimum absolute atomic E-state index is 0.0758. The number of thiazole rings is 1. The molecule has 0 fully saturated rings. The molecule has 0 saturated carbocycles. The van der Waals surface area contributed by atoms with Gasteiger partial charge in [-0.25, -0.2) is 8.42 Å². The number of ether oxygens (including phenoxy) is 2. The van der Waals surface area contributed by atoms with E-state index in [0.29, 0.717) is 39.1 Å². The van der Waals surface area contributed by atoms with Gasteiger partial charge >= 0.3 is 0 Å². The van der Waals surface area contributed by atoms with Crippen LogP contribution in [0.25, 0.3) is 10.2 Å². The smallest absolute Gasteiger partial charge is 0.279 e. The van der Waals surface area contributed by atoms with Crippen LogP contribution < -0.4 is 19.0 Å². The fourth-order valence-electron chi connectivity index (χ4n) is 3.45. The number of hydrogen-bond donors (Lipinski definition) is 1. The van der Waals surface area contributed by atoms with E-state index in [2.05, 4.69) is 16.3 Å². The number of hydrogen-bond acceptors (Lipinski definition) is 6. The van der Waals surface area contributed by atoms with Crippen molar-refractivity contribution in [2.45, 2.75) is 11.4 Å². The molecule has 0 saturated heterocycles. The number of anilines is 1. The number of amides is 1. The van der Waals surface area contributed by atoms with Crippen molar-refractivity contribution in [2.75, 3.05) is 18.9 Å². The van der Waals surface area contributed by atoms with E-state index in [1.807, 2.05) is 16.7 Å². The molecule has 4 rings (SSSR count). The van der Waals surface area contributed by atoms with E-state index in [4.69, 9.17) is 21.1 Å². The third kappa shape index (κ3) is 5.30. The molecule has 0 aliphatic rings. The van der Waals surface area contributed by atoms with Crippen LogP contribution in [0.3, 0.4) is 0 Å². The molecule has 0 unspecified atom stereocenters. The molecule has 1 N–H and O–H groups in total. The van der Waals surface area contributed by atoms with E-state index in [1.165, 1.54) is 59.9 Å². The van der Waals surface area contributed by atoms with Crippen molar-refractivity contribution in [3.8, 4) is 11.5 Å². The van der Waals surface area contributed by atoms with Gasteiger partial charge in [0.25, 0.3) is 15.9 Å². The summed E-state index contributed by atoms with van der Waals surface area (Å²) in [6.45, 7) is 4.24. The topological polar surface area (TPSA) is 99.0 Å². The number of allylic oxidation sites excluding steroid dienone is 1. The SMILES string of the molecule is C=CCn1c(=NC(=O)c2ccc(NS(=O)(=O)c3ccc(Cl)cc3)cc2)sc2cc(OC)c(OC)cc21. The van der Waals surface area contributed by atoms with E-state index in [-0.39, 0.29) is 4.90 Å². The predicted octanol–water partition coefficient (Wildman–Crippen LogP) is 5.10. The number of nitrogens with one attached hydrogen (secondary N) is 1. The largest absolute Gasteiger partial charge is 0.493 e. The molecule has 3 aromatic carbocycles. The second-order valence-corrected chi connectivity index (χ2v) is 10.6. The Labute approximate surface area is 217 Å². The zero-order valence-electron chi connectivity index (χ0n) is 19.4. The van der Waals surface area contributed by atoms with Crippen molar-refractivity contribution < 1.29 is 22.7 Å². The van der Waals surface area contributed by atoms with Gasteiger partial charge in [0.2, 0.25) is 0 Å². The Hall–Kier alpha value is -3.60. The normalized spacial score (nSPS) is 11.9. The first kappa shape index (κ1) is 25.5. The van der Waals surface area contributed by atoms with Gasteiger partial charge < -0.3 is 14.0 Å². The number of benzene rings is 3. The first-order valence-electron chi connectivity index (χ1n) is 10.6. The Morgan fingerprint density at radius 2 is 1.72 bits per heavy atom. The maximum Gasteiger partial charge on any atom is 0.279 e. The van der Waals surface area contributed by atoms with Gasteiger partial charge in [-0.15, -0.1) is 6.58 Å². The van der Waals surface area contributed by atoms with Crippen LogP contribution in [-0.2, 0) is 16.6 Å². The fraction of sp³-hybridized carbons (Fsp3) is 0.120. The summed E-state index contributed by atoms with van der Waals surface area (Å²) in [4.78, 5) is 17.8. The second-order valence-electron chi connectivity index (χ2n) is 7.51. The summed E-state index contributed by atoms with van der Waals surface area (Å²) in [5, 5.41) is 0.437. The number of fused-ring (bicyclic) bond motifs is 1. The summed E-state index contributed by atoms with van der Waals surface area (Å²) in [7, 11) is -0.683. The molecule has 1 amide bonds. The van der Waals surface area contributed by atoms with Crippen molar-refractivity contribution in [3.63, 3.8) is 0 Å². The van der Waals surface area contributed by atoms with Gasteiger partial charge in [0.15, 0.2) is 16.3 Å². The Kier molecular flexibility index (Phi) is 7.48. The van der Waals surface area contributed by atoms with Crippen LogP contribution >= 0.6 is 22.9 Å². The van der Waals surface area contributed by atoms with Crippen molar-refractivity contribution in [3.05, 3.63) is 88.7 Å². The highest BCUT2D eigenvalue weighted by atomic mass is 35.5. The van der Waals surface area contributed by atoms with E-state index >= 15 is 0 Å². The second kappa shape index (κ2) is 10.6. The van der Waals surface area contributed by atoms with E-state index < -0.39 is 15.9 Å². The van der Waals surface area contributed by atoms with Gasteiger partial charge in [-0.2, -0.15) is 4.99 Å². The van der Waals surface area contributed by atoms with Crippen LogP contribution in [-0.4, -0.2) is 33.1 Å². The van der Waals surface area contributed by atoms with Crippen molar-refractivity contribution in [1.82, 2.24) is 4.57 Å². The van der Waals surface area contributed by atoms with Crippen LogP contribution in [0.1, 0.15) is 10.4 Å². The first-order valence-corrected chi connectivity index (χ1v) is 13.3. The Balaban J connectivity index is 1.63. The van der Waals surface area contributed by atoms with Crippen molar-refractivity contribution in [2.24, 2.45) is 4.99 Å². The molecule has 36 heavy (non-hydrogen) atoms. The molecule has 0 spiro atoms. The Morgan fingerprint density at radius 3 is 2.33 bits per heavy atom. The fourth-order valence-corrected chi connectivity index (χ4v) is 5.68. The number of sulfonamides is 1. The molecule has 11 heteroatoms. The highest BCUT2D eigenvalue weighted by Gasteiger charge is 2.16. The lowest BCUT2D eigenvalue weighted by molar-refractivity contribution is 0.0998. The molecule has 0 aliphatic carbocycles. The van der Waals surface area contributed by atoms with Gasteiger partial charge in [-0.05, 0) is 48.5 Å². The third-order valence-corrected chi connectivity index (χ3v) is 7.90. The van der Waals surface area contributed by atoms with Crippen LogP contribution in [0.4, 0.5) is 5.69 Å². The number of carbonyl (C=O) groups is 1. The lowest BCUT2D eigenvalue weighted by Gasteiger charge is -2.08. The zero-order valence-corrected chi connectivity index (χ0v) is 21.8. The molecule has 8 nitrogen and oxygen atoms in total. The number of methoxy groups -OCH3 is 2. The number of rotatable bonds is 8. The lowest BCUT2D eigenvalue weighted by Crippen LogP contribution is -2.16. The van der Waals surface area contributed by atoms with Gasteiger partial charge in [-0.1, -0.05) is 29.0 Å². The molecule has 0 atom stereocenters. The van der Waals surface area contributed by atoms with Gasteiger partial charge in [0, 0.05) is 35.0 Å².